The van der Waals surface area contributed by atoms with Gasteiger partial charge in [-0.15, -0.1) is 0 Å². The number of H-pyrrole nitrogens is 1. The number of esters is 1. The molecule has 142 valence electrons. The highest BCUT2D eigenvalue weighted by atomic mass is 16.5. The maximum absolute atomic E-state index is 12.5. The van der Waals surface area contributed by atoms with E-state index >= 15 is 0 Å². The zero-order valence-electron chi connectivity index (χ0n) is 15.7. The lowest BCUT2D eigenvalue weighted by atomic mass is 10.1. The smallest absolute Gasteiger partial charge is 0.311 e. The number of hydrogen-bond donors (Lipinski definition) is 1. The molecular weight excluding hydrogens is 350 g/mol. The quantitative estimate of drug-likeness (QED) is 0.667. The summed E-state index contributed by atoms with van der Waals surface area (Å²) >= 11 is 0. The Morgan fingerprint density at radius 1 is 1.19 bits per heavy atom. The summed E-state index contributed by atoms with van der Waals surface area (Å²) in [5.74, 6) is 0.749. The molecule has 8 nitrogen and oxygen atoms in total. The number of carbonyl (C=O) groups excluding carboxylic acids is 1. The fraction of sp³-hybridized carbons (Fsp3) is 0.316. The van der Waals surface area contributed by atoms with Gasteiger partial charge in [0.25, 0.3) is 5.56 Å². The molecule has 8 heteroatoms. The Labute approximate surface area is 155 Å². The minimum atomic E-state index is -0.423. The molecule has 0 radical (unpaired) electrons. The number of aryl methyl sites for hydroxylation is 1. The monoisotopic (exact) mass is 371 g/mol. The third kappa shape index (κ3) is 3.51. The molecule has 0 spiro atoms. The molecule has 1 aromatic carbocycles. The Kier molecular flexibility index (Phi) is 5.16. The summed E-state index contributed by atoms with van der Waals surface area (Å²) in [4.78, 5) is 28.7. The maximum Gasteiger partial charge on any atom is 0.311 e. The Hall–Kier alpha value is -3.29. The highest BCUT2D eigenvalue weighted by Gasteiger charge is 2.17. The minimum absolute atomic E-state index is 0.0603. The van der Waals surface area contributed by atoms with E-state index in [-0.39, 0.29) is 18.6 Å². The predicted molar refractivity (Wildman–Crippen MR) is 99.4 cm³/mol. The highest BCUT2D eigenvalue weighted by molar-refractivity contribution is 5.81. The molecule has 0 amide bonds. The molecule has 27 heavy (non-hydrogen) atoms. The Balaban J connectivity index is 2.15. The summed E-state index contributed by atoms with van der Waals surface area (Å²) in [7, 11) is 3.13. The molecule has 0 fully saturated rings. The van der Waals surface area contributed by atoms with E-state index in [1.165, 1.54) is 10.6 Å². The average Bonchev–Trinajstić information content (AvgIpc) is 2.97. The van der Waals surface area contributed by atoms with Crippen LogP contribution in [-0.2, 0) is 16.0 Å². The largest absolute Gasteiger partial charge is 0.493 e. The van der Waals surface area contributed by atoms with Crippen molar-refractivity contribution in [2.75, 3.05) is 20.8 Å². The van der Waals surface area contributed by atoms with E-state index in [1.54, 1.807) is 27.2 Å². The van der Waals surface area contributed by atoms with E-state index in [0.29, 0.717) is 22.8 Å². The normalized spacial score (nSPS) is 10.8. The molecule has 0 aliphatic carbocycles. The fourth-order valence-electron chi connectivity index (χ4n) is 2.98. The van der Waals surface area contributed by atoms with Gasteiger partial charge in [-0.25, -0.2) is 9.50 Å². The molecule has 2 aromatic heterocycles. The second-order valence-electron chi connectivity index (χ2n) is 5.91. The third-order valence-corrected chi connectivity index (χ3v) is 4.15. The number of nitrogens with zero attached hydrogens (tertiary/aromatic N) is 2. The van der Waals surface area contributed by atoms with E-state index < -0.39 is 5.97 Å². The van der Waals surface area contributed by atoms with Crippen molar-refractivity contribution in [1.82, 2.24) is 14.6 Å². The van der Waals surface area contributed by atoms with Crippen LogP contribution in [0.4, 0.5) is 0 Å². The van der Waals surface area contributed by atoms with E-state index in [4.69, 9.17) is 14.2 Å². The number of aromatic amines is 1. The van der Waals surface area contributed by atoms with Gasteiger partial charge in [0.15, 0.2) is 17.1 Å². The average molecular weight is 371 g/mol. The molecule has 0 aliphatic rings. The molecule has 0 aliphatic heterocycles. The summed E-state index contributed by atoms with van der Waals surface area (Å²) in [6.07, 6.45) is -0.0603. The van der Waals surface area contributed by atoms with E-state index in [0.717, 1.165) is 16.8 Å². The summed E-state index contributed by atoms with van der Waals surface area (Å²) in [6, 6.07) is 6.80. The molecular formula is C19H21N3O5. The summed E-state index contributed by atoms with van der Waals surface area (Å²) in [5.41, 5.74) is 2.82. The highest BCUT2D eigenvalue weighted by Crippen LogP contribution is 2.34. The van der Waals surface area contributed by atoms with Crippen LogP contribution in [-0.4, -0.2) is 41.4 Å². The predicted octanol–water partition coefficient (Wildman–Crippen LogP) is 2.12. The Morgan fingerprint density at radius 3 is 2.59 bits per heavy atom. The van der Waals surface area contributed by atoms with Gasteiger partial charge in [0, 0.05) is 17.3 Å². The minimum Gasteiger partial charge on any atom is -0.493 e. The van der Waals surface area contributed by atoms with E-state index in [1.807, 2.05) is 19.1 Å². The lowest BCUT2D eigenvalue weighted by molar-refractivity contribution is -0.142. The third-order valence-electron chi connectivity index (χ3n) is 4.15. The molecule has 0 unspecified atom stereocenters. The van der Waals surface area contributed by atoms with E-state index in [2.05, 4.69) is 10.1 Å². The molecule has 0 bridgehead atoms. The summed E-state index contributed by atoms with van der Waals surface area (Å²) in [5, 5.41) is 3.02. The van der Waals surface area contributed by atoms with Crippen molar-refractivity contribution in [2.24, 2.45) is 0 Å². The number of fused-ring (bicyclic) bond motifs is 1. The van der Waals surface area contributed by atoms with Gasteiger partial charge in [0.2, 0.25) is 0 Å². The van der Waals surface area contributed by atoms with Crippen molar-refractivity contribution in [3.8, 4) is 22.6 Å². The molecule has 3 rings (SSSR count). The van der Waals surface area contributed by atoms with E-state index in [9.17, 15) is 9.59 Å². The van der Waals surface area contributed by atoms with Gasteiger partial charge in [0.1, 0.15) is 0 Å². The van der Waals surface area contributed by atoms with Gasteiger partial charge in [-0.1, -0.05) is 6.07 Å². The number of methoxy groups -OCH3 is 2. The lowest BCUT2D eigenvalue weighted by Crippen LogP contribution is -2.18. The van der Waals surface area contributed by atoms with Gasteiger partial charge in [-0.2, -0.15) is 0 Å². The number of ether oxygens (including phenoxy) is 3. The SMILES string of the molecule is CCOC(=O)Cc1cc(=O)n2[nH]c(C)c(-c3ccc(OC)c(OC)c3)c2n1. The Morgan fingerprint density at radius 2 is 1.93 bits per heavy atom. The van der Waals surface area contributed by atoms with Crippen LogP contribution in [0.1, 0.15) is 18.3 Å². The molecule has 0 atom stereocenters. The number of nitrogens with one attached hydrogen (secondary N) is 1. The van der Waals surface area contributed by atoms with Crippen molar-refractivity contribution in [1.29, 1.82) is 0 Å². The van der Waals surface area contributed by atoms with Crippen LogP contribution >= 0.6 is 0 Å². The first kappa shape index (κ1) is 18.5. The van der Waals surface area contributed by atoms with Gasteiger partial charge >= 0.3 is 5.97 Å². The standard InChI is InChI=1S/C19H21N3O5/c1-5-27-17(24)10-13-9-16(23)22-19(20-13)18(11(2)21-22)12-6-7-14(25-3)15(8-12)26-4/h6-9,21H,5,10H2,1-4H3. The molecule has 1 N–H and O–H groups in total. The topological polar surface area (TPSA) is 94.9 Å². The summed E-state index contributed by atoms with van der Waals surface area (Å²) < 4.78 is 16.9. The van der Waals surface area contributed by atoms with Crippen molar-refractivity contribution in [2.45, 2.75) is 20.3 Å². The van der Waals surface area contributed by atoms with Crippen molar-refractivity contribution in [3.05, 3.63) is 46.0 Å². The fourth-order valence-corrected chi connectivity index (χ4v) is 2.98. The second-order valence-corrected chi connectivity index (χ2v) is 5.91. The van der Waals surface area contributed by atoms with Gasteiger partial charge < -0.3 is 14.2 Å². The number of aromatic nitrogens is 3. The van der Waals surface area contributed by atoms with Gasteiger partial charge in [-0.3, -0.25) is 14.7 Å². The molecule has 0 saturated carbocycles. The number of benzene rings is 1. The molecule has 0 saturated heterocycles. The van der Waals surface area contributed by atoms with Crippen molar-refractivity contribution >= 4 is 11.6 Å². The number of rotatable bonds is 6. The van der Waals surface area contributed by atoms with Gasteiger partial charge in [-0.05, 0) is 31.5 Å². The number of hydrogen-bond acceptors (Lipinski definition) is 6. The molecule has 2 heterocycles. The first-order chi connectivity index (χ1) is 13.0. The first-order valence-electron chi connectivity index (χ1n) is 8.47. The van der Waals surface area contributed by atoms with Crippen molar-refractivity contribution in [3.63, 3.8) is 0 Å². The van der Waals surface area contributed by atoms with Crippen LogP contribution in [0.5, 0.6) is 11.5 Å². The van der Waals surface area contributed by atoms with Crippen LogP contribution in [0, 0.1) is 6.92 Å². The van der Waals surface area contributed by atoms with Crippen LogP contribution in [0.3, 0.4) is 0 Å². The number of carbonyl (C=O) groups is 1. The van der Waals surface area contributed by atoms with Crippen LogP contribution in [0.2, 0.25) is 0 Å². The summed E-state index contributed by atoms with van der Waals surface area (Å²) in [6.45, 7) is 3.86. The first-order valence-corrected chi connectivity index (χ1v) is 8.47. The van der Waals surface area contributed by atoms with Crippen LogP contribution < -0.4 is 15.0 Å². The maximum atomic E-state index is 12.5. The van der Waals surface area contributed by atoms with Gasteiger partial charge in [0.05, 0.1) is 32.9 Å². The van der Waals surface area contributed by atoms with Crippen LogP contribution in [0.15, 0.2) is 29.1 Å². The molecule has 3 aromatic rings. The second kappa shape index (κ2) is 7.53. The van der Waals surface area contributed by atoms with Crippen LogP contribution in [0.25, 0.3) is 16.8 Å². The lowest BCUT2D eigenvalue weighted by Gasteiger charge is -2.09. The van der Waals surface area contributed by atoms with Crippen molar-refractivity contribution < 1.29 is 19.0 Å². The zero-order chi connectivity index (χ0) is 19.6. The zero-order valence-corrected chi connectivity index (χ0v) is 15.7. The Bertz CT molecular complexity index is 1050.